The molecular formula is C16H24N2O2. The molecule has 0 spiro atoms. The Hall–Kier alpha value is -1.55. The van der Waals surface area contributed by atoms with E-state index in [2.05, 4.69) is 19.2 Å². The number of anilines is 1. The lowest BCUT2D eigenvalue weighted by molar-refractivity contribution is -0.116. The zero-order valence-corrected chi connectivity index (χ0v) is 12.3. The number of fused-ring (bicyclic) bond motifs is 1. The zero-order valence-electron chi connectivity index (χ0n) is 12.3. The summed E-state index contributed by atoms with van der Waals surface area (Å²) in [5, 5.41) is 2.78. The number of nitrogens with one attached hydrogen (secondary N) is 1. The highest BCUT2D eigenvalue weighted by Crippen LogP contribution is 2.32. The molecule has 0 radical (unpaired) electrons. The SMILES string of the molecule is CCCCC(CC)COc1ccc2c(c1)NC(=O)C2N. The van der Waals surface area contributed by atoms with Gasteiger partial charge in [0.05, 0.1) is 6.61 Å². The van der Waals surface area contributed by atoms with Crippen LogP contribution >= 0.6 is 0 Å². The Morgan fingerprint density at radius 3 is 2.90 bits per heavy atom. The first-order valence-corrected chi connectivity index (χ1v) is 7.48. The summed E-state index contributed by atoms with van der Waals surface area (Å²) < 4.78 is 5.86. The van der Waals surface area contributed by atoms with Crippen molar-refractivity contribution in [2.24, 2.45) is 11.7 Å². The topological polar surface area (TPSA) is 64.3 Å². The minimum absolute atomic E-state index is 0.147. The Bertz CT molecular complexity index is 474. The van der Waals surface area contributed by atoms with Crippen LogP contribution in [0.2, 0.25) is 0 Å². The number of benzene rings is 1. The third-order valence-corrected chi connectivity index (χ3v) is 3.93. The summed E-state index contributed by atoms with van der Waals surface area (Å²) in [7, 11) is 0. The fourth-order valence-corrected chi connectivity index (χ4v) is 2.47. The second kappa shape index (κ2) is 6.75. The van der Waals surface area contributed by atoms with Crippen LogP contribution in [0.15, 0.2) is 18.2 Å². The van der Waals surface area contributed by atoms with Crippen molar-refractivity contribution in [3.8, 4) is 5.75 Å². The number of amides is 1. The number of carbonyl (C=O) groups excluding carboxylic acids is 1. The van der Waals surface area contributed by atoms with E-state index in [1.165, 1.54) is 19.3 Å². The van der Waals surface area contributed by atoms with Crippen molar-refractivity contribution in [1.29, 1.82) is 0 Å². The first-order chi connectivity index (χ1) is 9.65. The highest BCUT2D eigenvalue weighted by atomic mass is 16.5. The maximum atomic E-state index is 11.5. The fourth-order valence-electron chi connectivity index (χ4n) is 2.47. The fraction of sp³-hybridized carbons (Fsp3) is 0.562. The smallest absolute Gasteiger partial charge is 0.245 e. The summed E-state index contributed by atoms with van der Waals surface area (Å²) in [6, 6.07) is 5.09. The van der Waals surface area contributed by atoms with Crippen molar-refractivity contribution < 1.29 is 9.53 Å². The molecule has 1 heterocycles. The lowest BCUT2D eigenvalue weighted by atomic mass is 10.0. The molecule has 4 nitrogen and oxygen atoms in total. The van der Waals surface area contributed by atoms with Crippen LogP contribution in [-0.2, 0) is 4.79 Å². The van der Waals surface area contributed by atoms with Crippen LogP contribution in [0.1, 0.15) is 51.1 Å². The normalized spacial score (nSPS) is 18.6. The monoisotopic (exact) mass is 276 g/mol. The van der Waals surface area contributed by atoms with E-state index in [0.717, 1.165) is 30.0 Å². The van der Waals surface area contributed by atoms with E-state index in [9.17, 15) is 4.79 Å². The number of ether oxygens (including phenoxy) is 1. The molecule has 3 N–H and O–H groups in total. The molecule has 0 saturated carbocycles. The molecule has 110 valence electrons. The Balaban J connectivity index is 1.94. The molecule has 1 aromatic carbocycles. The summed E-state index contributed by atoms with van der Waals surface area (Å²) in [5.41, 5.74) is 7.41. The van der Waals surface area contributed by atoms with Gasteiger partial charge in [-0.25, -0.2) is 0 Å². The number of nitrogens with two attached hydrogens (primary N) is 1. The van der Waals surface area contributed by atoms with Crippen molar-refractivity contribution in [3.63, 3.8) is 0 Å². The summed E-state index contributed by atoms with van der Waals surface area (Å²) in [6.07, 6.45) is 4.81. The van der Waals surface area contributed by atoms with Crippen LogP contribution in [0.4, 0.5) is 5.69 Å². The predicted octanol–water partition coefficient (Wildman–Crippen LogP) is 3.23. The van der Waals surface area contributed by atoms with E-state index in [1.807, 2.05) is 18.2 Å². The molecule has 2 unspecified atom stereocenters. The van der Waals surface area contributed by atoms with Crippen LogP contribution in [0, 0.1) is 5.92 Å². The summed E-state index contributed by atoms with van der Waals surface area (Å²) in [4.78, 5) is 11.5. The lowest BCUT2D eigenvalue weighted by Gasteiger charge is -2.16. The van der Waals surface area contributed by atoms with Gasteiger partial charge in [0, 0.05) is 17.3 Å². The zero-order chi connectivity index (χ0) is 14.5. The average molecular weight is 276 g/mol. The summed E-state index contributed by atoms with van der Waals surface area (Å²) in [6.45, 7) is 5.14. The molecule has 1 amide bonds. The molecule has 4 heteroatoms. The molecule has 0 fully saturated rings. The highest BCUT2D eigenvalue weighted by molar-refractivity contribution is 6.02. The molecule has 0 bridgehead atoms. The van der Waals surface area contributed by atoms with E-state index in [0.29, 0.717) is 5.92 Å². The van der Waals surface area contributed by atoms with Crippen molar-refractivity contribution in [2.75, 3.05) is 11.9 Å². The molecule has 2 rings (SSSR count). The van der Waals surface area contributed by atoms with E-state index < -0.39 is 6.04 Å². The van der Waals surface area contributed by atoms with Crippen LogP contribution in [0.5, 0.6) is 5.75 Å². The molecule has 1 aliphatic heterocycles. The highest BCUT2D eigenvalue weighted by Gasteiger charge is 2.27. The van der Waals surface area contributed by atoms with Gasteiger partial charge < -0.3 is 15.8 Å². The van der Waals surface area contributed by atoms with E-state index in [-0.39, 0.29) is 5.91 Å². The minimum Gasteiger partial charge on any atom is -0.493 e. The van der Waals surface area contributed by atoms with E-state index in [1.54, 1.807) is 0 Å². The number of unbranched alkanes of at least 4 members (excludes halogenated alkanes) is 1. The lowest BCUT2D eigenvalue weighted by Crippen LogP contribution is -2.19. The molecule has 1 aliphatic rings. The van der Waals surface area contributed by atoms with E-state index in [4.69, 9.17) is 10.5 Å². The Morgan fingerprint density at radius 1 is 1.40 bits per heavy atom. The van der Waals surface area contributed by atoms with Gasteiger partial charge in [0.25, 0.3) is 0 Å². The molecule has 0 aliphatic carbocycles. The van der Waals surface area contributed by atoms with Gasteiger partial charge in [0.15, 0.2) is 0 Å². The molecule has 2 atom stereocenters. The van der Waals surface area contributed by atoms with Crippen molar-refractivity contribution in [2.45, 2.75) is 45.6 Å². The standard InChI is InChI=1S/C16H24N2O2/c1-3-5-6-11(4-2)10-20-12-7-8-13-14(9-12)18-16(19)15(13)17/h7-9,11,15H,3-6,10,17H2,1-2H3,(H,18,19). The summed E-state index contributed by atoms with van der Waals surface area (Å²) in [5.74, 6) is 1.25. The van der Waals surface area contributed by atoms with Gasteiger partial charge in [0.2, 0.25) is 5.91 Å². The van der Waals surface area contributed by atoms with E-state index >= 15 is 0 Å². The number of hydrogen-bond acceptors (Lipinski definition) is 3. The van der Waals surface area contributed by atoms with Crippen LogP contribution in [0.25, 0.3) is 0 Å². The van der Waals surface area contributed by atoms with Crippen molar-refractivity contribution in [1.82, 2.24) is 0 Å². The Morgan fingerprint density at radius 2 is 2.20 bits per heavy atom. The molecule has 1 aromatic rings. The quantitative estimate of drug-likeness (QED) is 0.803. The third kappa shape index (κ3) is 3.31. The second-order valence-corrected chi connectivity index (χ2v) is 5.44. The van der Waals surface area contributed by atoms with Gasteiger partial charge in [-0.3, -0.25) is 4.79 Å². The average Bonchev–Trinajstić information content (AvgIpc) is 2.74. The molecule has 20 heavy (non-hydrogen) atoms. The first kappa shape index (κ1) is 14.9. The number of carbonyl (C=O) groups is 1. The minimum atomic E-state index is -0.549. The van der Waals surface area contributed by atoms with Crippen molar-refractivity contribution in [3.05, 3.63) is 23.8 Å². The number of rotatable bonds is 7. The van der Waals surface area contributed by atoms with Gasteiger partial charge in [0.1, 0.15) is 11.8 Å². The van der Waals surface area contributed by atoms with Gasteiger partial charge in [-0.1, -0.05) is 39.2 Å². The van der Waals surface area contributed by atoms with Gasteiger partial charge in [-0.05, 0) is 18.4 Å². The van der Waals surface area contributed by atoms with Crippen LogP contribution in [0.3, 0.4) is 0 Å². The molecule has 0 saturated heterocycles. The van der Waals surface area contributed by atoms with Gasteiger partial charge in [-0.15, -0.1) is 0 Å². The first-order valence-electron chi connectivity index (χ1n) is 7.48. The van der Waals surface area contributed by atoms with Gasteiger partial charge >= 0.3 is 0 Å². The third-order valence-electron chi connectivity index (χ3n) is 3.93. The molecule has 0 aromatic heterocycles. The largest absolute Gasteiger partial charge is 0.493 e. The molecular weight excluding hydrogens is 252 g/mol. The second-order valence-electron chi connectivity index (χ2n) is 5.44. The Kier molecular flexibility index (Phi) is 5.01. The van der Waals surface area contributed by atoms with Gasteiger partial charge in [-0.2, -0.15) is 0 Å². The Labute approximate surface area is 120 Å². The summed E-state index contributed by atoms with van der Waals surface area (Å²) >= 11 is 0. The maximum Gasteiger partial charge on any atom is 0.245 e. The predicted molar refractivity (Wildman–Crippen MR) is 80.8 cm³/mol. The van der Waals surface area contributed by atoms with Crippen LogP contribution < -0.4 is 15.8 Å². The number of hydrogen-bond donors (Lipinski definition) is 2. The maximum absolute atomic E-state index is 11.5. The van der Waals surface area contributed by atoms with Crippen LogP contribution in [-0.4, -0.2) is 12.5 Å². The van der Waals surface area contributed by atoms with Crippen molar-refractivity contribution >= 4 is 11.6 Å².